The number of benzene rings is 4. The molecule has 60 heavy (non-hydrogen) atoms. The molecule has 0 bridgehead atoms. The third-order valence-corrected chi connectivity index (χ3v) is 7.20. The molecule has 4 heterocycles. The Balaban J connectivity index is 0.000000152. The van der Waals surface area contributed by atoms with Crippen LogP contribution in [0, 0.1) is 6.92 Å². The van der Waals surface area contributed by atoms with Gasteiger partial charge in [0.15, 0.2) is 23.0 Å². The lowest BCUT2D eigenvalue weighted by atomic mass is 10.2. The van der Waals surface area contributed by atoms with Crippen LogP contribution in [-0.2, 0) is 0 Å². The number of aromatic nitrogens is 8. The lowest BCUT2D eigenvalue weighted by molar-refractivity contribution is 0.476. The third kappa shape index (κ3) is 14.6. The van der Waals surface area contributed by atoms with Crippen molar-refractivity contribution in [2.45, 2.75) is 6.92 Å². The van der Waals surface area contributed by atoms with Crippen molar-refractivity contribution in [3.63, 3.8) is 0 Å². The maximum Gasteiger partial charge on any atom is 0.345 e. The number of ether oxygens (including phenoxy) is 4. The molecule has 0 atom stereocenters. The molecule has 0 amide bonds. The fourth-order valence-corrected chi connectivity index (χ4v) is 4.37. The number of anilines is 3. The van der Waals surface area contributed by atoms with Gasteiger partial charge in [-0.3, -0.25) is 0 Å². The lowest BCUT2D eigenvalue weighted by Gasteiger charge is -2.06. The van der Waals surface area contributed by atoms with Crippen molar-refractivity contribution >= 4 is 17.1 Å². The van der Waals surface area contributed by atoms with Crippen LogP contribution in [0.15, 0.2) is 166 Å². The summed E-state index contributed by atoms with van der Waals surface area (Å²) in [5, 5.41) is 0. The smallest absolute Gasteiger partial charge is 0.345 e. The van der Waals surface area contributed by atoms with E-state index in [-0.39, 0.29) is 5.69 Å². The van der Waals surface area contributed by atoms with Crippen molar-refractivity contribution in [1.82, 2.24) is 39.9 Å². The Morgan fingerprint density at radius 3 is 1.25 bits per heavy atom. The molecule has 19 nitrogen and oxygen atoms in total. The largest absolute Gasteiger partial charge is 0.454 e. The van der Waals surface area contributed by atoms with Crippen molar-refractivity contribution in [3.05, 3.63) is 194 Å². The summed E-state index contributed by atoms with van der Waals surface area (Å²) in [6, 6.07) is 28.6. The highest BCUT2D eigenvalue weighted by Gasteiger charge is 2.02. The highest BCUT2D eigenvalue weighted by Crippen LogP contribution is 2.25. The highest BCUT2D eigenvalue weighted by molar-refractivity contribution is 5.53. The monoisotopic (exact) mass is 811 g/mol. The van der Waals surface area contributed by atoms with Crippen LogP contribution in [0.2, 0.25) is 0 Å². The van der Waals surface area contributed by atoms with Gasteiger partial charge in [-0.1, -0.05) is 35.9 Å². The summed E-state index contributed by atoms with van der Waals surface area (Å²) in [6.07, 6.45) is 11.2. The van der Waals surface area contributed by atoms with Gasteiger partial charge in [-0.25, -0.2) is 19.2 Å². The van der Waals surface area contributed by atoms with Gasteiger partial charge in [0.25, 0.3) is 0 Å². The molecule has 0 aliphatic carbocycles. The molecule has 19 heteroatoms. The average Bonchev–Trinajstić information content (AvgIpc) is 3.25. The summed E-state index contributed by atoms with van der Waals surface area (Å²) in [6.45, 7) is 2.01. The van der Waals surface area contributed by atoms with E-state index in [1.54, 1.807) is 60.7 Å². The number of nitrogen functional groups attached to an aromatic ring is 3. The van der Waals surface area contributed by atoms with E-state index in [4.69, 9.17) is 36.1 Å². The maximum atomic E-state index is 10.7. The fraction of sp³-hybridized carbons (Fsp3) is 0.0244. The topological polar surface area (TPSA) is 298 Å². The summed E-state index contributed by atoms with van der Waals surface area (Å²) < 4.78 is 21.7. The number of nitrogens with zero attached hydrogens (tertiary/aromatic N) is 4. The first-order chi connectivity index (χ1) is 29.0. The standard InChI is InChI=1S/C11H10N2O2.3C10H9N3O2/c1-8-2-4-9(5-3-8)15-10-6-12-11(14)13-7-10;11-7-1-3-8(4-2-7)15-9-5-12-10(14)13-6-9;11-7-2-1-3-8(4-7)15-9-5-12-10(14)13-6-9;11-8-3-1-2-4-9(8)15-7-5-12-10(14)13-6-7/h2-7H,1H3,(H,12,13,14);3*1-6H,11H2,(H,12,13,14). The number of nitrogens with two attached hydrogens (primary N) is 3. The van der Waals surface area contributed by atoms with Gasteiger partial charge in [0, 0.05) is 17.4 Å². The first-order valence-electron chi connectivity index (χ1n) is 17.5. The summed E-state index contributed by atoms with van der Waals surface area (Å²) >= 11 is 0. The van der Waals surface area contributed by atoms with Crippen molar-refractivity contribution in [2.24, 2.45) is 0 Å². The predicted octanol–water partition coefficient (Wildman–Crippen LogP) is 5.30. The Labute approximate surface area is 339 Å². The van der Waals surface area contributed by atoms with Crippen LogP contribution in [0.5, 0.6) is 46.0 Å². The molecule has 0 radical (unpaired) electrons. The second-order valence-electron chi connectivity index (χ2n) is 11.9. The van der Waals surface area contributed by atoms with Crippen LogP contribution < -0.4 is 58.9 Å². The molecular weight excluding hydrogens is 775 g/mol. The normalized spacial score (nSPS) is 9.88. The third-order valence-electron chi connectivity index (χ3n) is 7.20. The van der Waals surface area contributed by atoms with Crippen molar-refractivity contribution < 1.29 is 18.9 Å². The molecule has 0 fully saturated rings. The van der Waals surface area contributed by atoms with E-state index in [0.29, 0.717) is 57.3 Å². The molecule has 0 aliphatic rings. The van der Waals surface area contributed by atoms with Crippen molar-refractivity contribution in [1.29, 1.82) is 0 Å². The van der Waals surface area contributed by atoms with Crippen LogP contribution in [-0.4, -0.2) is 39.9 Å². The van der Waals surface area contributed by atoms with Gasteiger partial charge >= 0.3 is 22.8 Å². The van der Waals surface area contributed by atoms with E-state index in [1.165, 1.54) is 55.1 Å². The van der Waals surface area contributed by atoms with E-state index in [0.717, 1.165) is 5.75 Å². The zero-order valence-electron chi connectivity index (χ0n) is 31.6. The molecule has 0 saturated carbocycles. The molecule has 4 aromatic heterocycles. The van der Waals surface area contributed by atoms with Crippen LogP contribution in [0.3, 0.4) is 0 Å². The van der Waals surface area contributed by atoms with Gasteiger partial charge in [-0.05, 0) is 67.6 Å². The fourth-order valence-electron chi connectivity index (χ4n) is 4.37. The van der Waals surface area contributed by atoms with E-state index in [2.05, 4.69) is 39.9 Å². The minimum Gasteiger partial charge on any atom is -0.454 e. The molecule has 0 unspecified atom stereocenters. The van der Waals surface area contributed by atoms with E-state index >= 15 is 0 Å². The molecule has 4 aromatic carbocycles. The molecule has 10 N–H and O–H groups in total. The van der Waals surface area contributed by atoms with Gasteiger partial charge in [-0.15, -0.1) is 0 Å². The highest BCUT2D eigenvalue weighted by atomic mass is 16.5. The van der Waals surface area contributed by atoms with Crippen LogP contribution in [0.25, 0.3) is 0 Å². The van der Waals surface area contributed by atoms with Gasteiger partial charge in [0.1, 0.15) is 23.0 Å². The minimum absolute atomic E-state index is 0.383. The van der Waals surface area contributed by atoms with Gasteiger partial charge < -0.3 is 56.1 Å². The number of hydrogen-bond donors (Lipinski definition) is 7. The summed E-state index contributed by atoms with van der Waals surface area (Å²) in [7, 11) is 0. The minimum atomic E-state index is -0.414. The van der Waals surface area contributed by atoms with Gasteiger partial charge in [0.2, 0.25) is 0 Å². The number of H-pyrrole nitrogens is 4. The second-order valence-corrected chi connectivity index (χ2v) is 11.9. The number of para-hydroxylation sites is 2. The van der Waals surface area contributed by atoms with Gasteiger partial charge in [-0.2, -0.15) is 19.9 Å². The van der Waals surface area contributed by atoms with Gasteiger partial charge in [0.05, 0.1) is 55.3 Å². The molecule has 0 aliphatic heterocycles. The Morgan fingerprint density at radius 2 is 0.833 bits per heavy atom. The Hall–Kier alpha value is -9.00. The Morgan fingerprint density at radius 1 is 0.417 bits per heavy atom. The molecule has 8 aromatic rings. The van der Waals surface area contributed by atoms with Crippen LogP contribution >= 0.6 is 0 Å². The number of rotatable bonds is 8. The summed E-state index contributed by atoms with van der Waals surface area (Å²) in [4.78, 5) is 66.6. The van der Waals surface area contributed by atoms with E-state index in [9.17, 15) is 19.2 Å². The Kier molecular flexibility index (Phi) is 15.0. The first kappa shape index (κ1) is 42.1. The SMILES string of the molecule is Cc1ccc(Oc2cnc(=O)[nH]c2)cc1.Nc1ccc(Oc2cnc(=O)[nH]c2)cc1.Nc1cccc(Oc2cnc(=O)[nH]c2)c1.Nc1ccccc1Oc1cnc(=O)[nH]c1. The van der Waals surface area contributed by atoms with Crippen molar-refractivity contribution in [3.8, 4) is 46.0 Å². The molecule has 0 saturated heterocycles. The molecule has 8 rings (SSSR count). The zero-order chi connectivity index (χ0) is 42.7. The zero-order valence-corrected chi connectivity index (χ0v) is 31.6. The van der Waals surface area contributed by atoms with Crippen molar-refractivity contribution in [2.75, 3.05) is 17.2 Å². The number of nitrogens with one attached hydrogen (secondary N) is 4. The van der Waals surface area contributed by atoms with E-state index in [1.807, 2.05) is 43.3 Å². The lowest BCUT2D eigenvalue weighted by Crippen LogP contribution is -2.07. The second kappa shape index (κ2) is 21.3. The quantitative estimate of drug-likeness (QED) is 0.0958. The molecular formula is C41H37N11O8. The summed E-state index contributed by atoms with van der Waals surface area (Å²) in [5.74, 6) is 4.37. The number of aryl methyl sites for hydroxylation is 1. The van der Waals surface area contributed by atoms with E-state index < -0.39 is 17.1 Å². The predicted molar refractivity (Wildman–Crippen MR) is 223 cm³/mol. The molecule has 304 valence electrons. The first-order valence-corrected chi connectivity index (χ1v) is 17.5. The van der Waals surface area contributed by atoms with Crippen LogP contribution in [0.1, 0.15) is 5.56 Å². The number of aromatic amines is 4. The maximum absolute atomic E-state index is 10.7. The number of hydrogen-bond acceptors (Lipinski definition) is 15. The molecule has 0 spiro atoms. The van der Waals surface area contributed by atoms with Crippen LogP contribution in [0.4, 0.5) is 17.1 Å². The average molecular weight is 812 g/mol. The summed E-state index contributed by atoms with van der Waals surface area (Å²) in [5.41, 5.74) is 18.2. The Bertz CT molecular complexity index is 2650.